The molecule has 0 amide bonds. The third-order valence-electron chi connectivity index (χ3n) is 2.95. The van der Waals surface area contributed by atoms with Crippen LogP contribution in [0.5, 0.6) is 0 Å². The first kappa shape index (κ1) is 14.9. The standard InChI is InChI=1S/C12H18F3N3/c1-4-9(16-5-2)8(3)10-6-7-11(18-17-10)12(13,14)15/h6-9,16H,4-5H2,1-3H3. The van der Waals surface area contributed by atoms with Gasteiger partial charge >= 0.3 is 6.18 Å². The topological polar surface area (TPSA) is 37.8 Å². The minimum atomic E-state index is -4.43. The average Bonchev–Trinajstić information content (AvgIpc) is 2.34. The van der Waals surface area contributed by atoms with Crippen molar-refractivity contribution in [3.63, 3.8) is 0 Å². The molecule has 2 atom stereocenters. The SMILES string of the molecule is CCNC(CC)C(C)c1ccc(C(F)(F)F)nn1. The van der Waals surface area contributed by atoms with E-state index >= 15 is 0 Å². The van der Waals surface area contributed by atoms with Gasteiger partial charge in [-0.3, -0.25) is 0 Å². The molecule has 1 N–H and O–H groups in total. The number of likely N-dealkylation sites (N-methyl/N-ethyl adjacent to an activating group) is 1. The second-order valence-electron chi connectivity index (χ2n) is 4.20. The summed E-state index contributed by atoms with van der Waals surface area (Å²) in [6.45, 7) is 6.78. The normalized spacial score (nSPS) is 15.4. The van der Waals surface area contributed by atoms with Crippen molar-refractivity contribution >= 4 is 0 Å². The van der Waals surface area contributed by atoms with E-state index in [0.717, 1.165) is 19.0 Å². The fraction of sp³-hybridized carbons (Fsp3) is 0.667. The van der Waals surface area contributed by atoms with E-state index in [-0.39, 0.29) is 12.0 Å². The van der Waals surface area contributed by atoms with Crippen LogP contribution < -0.4 is 5.32 Å². The first-order chi connectivity index (χ1) is 8.40. The Kier molecular flexibility index (Phi) is 5.07. The summed E-state index contributed by atoms with van der Waals surface area (Å²) >= 11 is 0. The van der Waals surface area contributed by atoms with Crippen LogP contribution in [0.15, 0.2) is 12.1 Å². The molecule has 1 aromatic rings. The molecule has 0 fully saturated rings. The van der Waals surface area contributed by atoms with Gasteiger partial charge in [-0.05, 0) is 25.1 Å². The van der Waals surface area contributed by atoms with Crippen LogP contribution in [0.4, 0.5) is 13.2 Å². The van der Waals surface area contributed by atoms with Gasteiger partial charge in [-0.2, -0.15) is 18.3 Å². The smallest absolute Gasteiger partial charge is 0.314 e. The molecule has 3 nitrogen and oxygen atoms in total. The van der Waals surface area contributed by atoms with Crippen LogP contribution in [0.3, 0.4) is 0 Å². The maximum absolute atomic E-state index is 12.4. The number of hydrogen-bond donors (Lipinski definition) is 1. The fourth-order valence-corrected chi connectivity index (χ4v) is 1.88. The predicted octanol–water partition coefficient (Wildman–Crippen LogP) is 2.99. The Balaban J connectivity index is 2.84. The molecule has 2 unspecified atom stereocenters. The maximum Gasteiger partial charge on any atom is 0.435 e. The number of rotatable bonds is 5. The molecule has 102 valence electrons. The van der Waals surface area contributed by atoms with E-state index in [0.29, 0.717) is 5.69 Å². The fourth-order valence-electron chi connectivity index (χ4n) is 1.88. The van der Waals surface area contributed by atoms with Crippen molar-refractivity contribution < 1.29 is 13.2 Å². The Labute approximate surface area is 105 Å². The van der Waals surface area contributed by atoms with Crippen molar-refractivity contribution in [2.75, 3.05) is 6.54 Å². The Morgan fingerprint density at radius 3 is 2.28 bits per heavy atom. The van der Waals surface area contributed by atoms with Gasteiger partial charge in [0, 0.05) is 12.0 Å². The van der Waals surface area contributed by atoms with E-state index in [9.17, 15) is 13.2 Å². The van der Waals surface area contributed by atoms with Crippen LogP contribution in [0, 0.1) is 0 Å². The van der Waals surface area contributed by atoms with Gasteiger partial charge in [-0.15, -0.1) is 5.10 Å². The van der Waals surface area contributed by atoms with Gasteiger partial charge in [0.2, 0.25) is 0 Å². The highest BCUT2D eigenvalue weighted by atomic mass is 19.4. The van der Waals surface area contributed by atoms with Crippen molar-refractivity contribution in [1.29, 1.82) is 0 Å². The lowest BCUT2D eigenvalue weighted by molar-refractivity contribution is -0.141. The molecule has 0 radical (unpaired) electrons. The highest BCUT2D eigenvalue weighted by Gasteiger charge is 2.33. The Morgan fingerprint density at radius 1 is 1.22 bits per heavy atom. The van der Waals surface area contributed by atoms with Crippen LogP contribution in [-0.4, -0.2) is 22.8 Å². The number of nitrogens with one attached hydrogen (secondary N) is 1. The van der Waals surface area contributed by atoms with E-state index < -0.39 is 11.9 Å². The molecule has 6 heteroatoms. The lowest BCUT2D eigenvalue weighted by atomic mass is 9.96. The van der Waals surface area contributed by atoms with Crippen molar-refractivity contribution in [2.45, 2.75) is 45.3 Å². The third-order valence-corrected chi connectivity index (χ3v) is 2.95. The molecule has 0 saturated carbocycles. The molecule has 1 heterocycles. The number of hydrogen-bond acceptors (Lipinski definition) is 3. The molecule has 0 aliphatic rings. The van der Waals surface area contributed by atoms with Gasteiger partial charge in [0.1, 0.15) is 0 Å². The molecule has 0 aromatic carbocycles. The number of halogens is 3. The van der Waals surface area contributed by atoms with Crippen LogP contribution in [0.1, 0.15) is 44.5 Å². The van der Waals surface area contributed by atoms with E-state index in [1.54, 1.807) is 0 Å². The Hall–Kier alpha value is -1.17. The zero-order chi connectivity index (χ0) is 13.8. The van der Waals surface area contributed by atoms with Gasteiger partial charge in [-0.1, -0.05) is 20.8 Å². The first-order valence-corrected chi connectivity index (χ1v) is 6.04. The summed E-state index contributed by atoms with van der Waals surface area (Å²) < 4.78 is 37.1. The monoisotopic (exact) mass is 261 g/mol. The molecule has 0 aliphatic carbocycles. The molecule has 0 bridgehead atoms. The van der Waals surface area contributed by atoms with Crippen molar-refractivity contribution in [2.24, 2.45) is 0 Å². The quantitative estimate of drug-likeness (QED) is 0.885. The van der Waals surface area contributed by atoms with Crippen molar-refractivity contribution in [3.05, 3.63) is 23.5 Å². The number of alkyl halides is 3. The lowest BCUT2D eigenvalue weighted by Gasteiger charge is -2.22. The minimum absolute atomic E-state index is 0.0322. The second kappa shape index (κ2) is 6.13. The van der Waals surface area contributed by atoms with E-state index in [1.807, 2.05) is 20.8 Å². The zero-order valence-electron chi connectivity index (χ0n) is 10.8. The van der Waals surface area contributed by atoms with Gasteiger partial charge in [-0.25, -0.2) is 0 Å². The van der Waals surface area contributed by atoms with Crippen LogP contribution in [-0.2, 0) is 6.18 Å². The molecule has 0 saturated heterocycles. The van der Waals surface area contributed by atoms with Gasteiger partial charge in [0.05, 0.1) is 5.69 Å². The van der Waals surface area contributed by atoms with Crippen LogP contribution in [0.25, 0.3) is 0 Å². The highest BCUT2D eigenvalue weighted by molar-refractivity contribution is 5.14. The molecular weight excluding hydrogens is 243 g/mol. The Bertz CT molecular complexity index is 362. The summed E-state index contributed by atoms with van der Waals surface area (Å²) in [5.41, 5.74) is -0.370. The molecule has 0 aliphatic heterocycles. The van der Waals surface area contributed by atoms with Gasteiger partial charge < -0.3 is 5.32 Å². The summed E-state index contributed by atoms with van der Waals surface area (Å²) in [6.07, 6.45) is -3.54. The largest absolute Gasteiger partial charge is 0.435 e. The predicted molar refractivity (Wildman–Crippen MR) is 63.2 cm³/mol. The van der Waals surface area contributed by atoms with Gasteiger partial charge in [0.15, 0.2) is 5.69 Å². The molecule has 1 aromatic heterocycles. The molecule has 18 heavy (non-hydrogen) atoms. The minimum Gasteiger partial charge on any atom is -0.314 e. The summed E-state index contributed by atoms with van der Waals surface area (Å²) in [4.78, 5) is 0. The maximum atomic E-state index is 12.4. The van der Waals surface area contributed by atoms with Gasteiger partial charge in [0.25, 0.3) is 0 Å². The molecule has 0 spiro atoms. The highest BCUT2D eigenvalue weighted by Crippen LogP contribution is 2.28. The summed E-state index contributed by atoms with van der Waals surface area (Å²) in [7, 11) is 0. The van der Waals surface area contributed by atoms with Crippen molar-refractivity contribution in [3.8, 4) is 0 Å². The molecular formula is C12H18F3N3. The molecule has 1 rings (SSSR count). The number of nitrogens with zero attached hydrogens (tertiary/aromatic N) is 2. The summed E-state index contributed by atoms with van der Waals surface area (Å²) in [5, 5.41) is 10.2. The number of aromatic nitrogens is 2. The van der Waals surface area contributed by atoms with Crippen molar-refractivity contribution in [1.82, 2.24) is 15.5 Å². The van der Waals surface area contributed by atoms with E-state index in [1.165, 1.54) is 6.07 Å². The van der Waals surface area contributed by atoms with E-state index in [4.69, 9.17) is 0 Å². The second-order valence-corrected chi connectivity index (χ2v) is 4.20. The average molecular weight is 261 g/mol. The van der Waals surface area contributed by atoms with E-state index in [2.05, 4.69) is 15.5 Å². The summed E-state index contributed by atoms with van der Waals surface area (Å²) in [5.74, 6) is 0.0322. The first-order valence-electron chi connectivity index (χ1n) is 6.04. The zero-order valence-corrected chi connectivity index (χ0v) is 10.8. The third kappa shape index (κ3) is 3.66. The van der Waals surface area contributed by atoms with Crippen LogP contribution >= 0.6 is 0 Å². The lowest BCUT2D eigenvalue weighted by Crippen LogP contribution is -2.33. The van der Waals surface area contributed by atoms with Crippen LogP contribution in [0.2, 0.25) is 0 Å². The Morgan fingerprint density at radius 2 is 1.89 bits per heavy atom. The summed E-state index contributed by atoms with van der Waals surface area (Å²) in [6, 6.07) is 2.58.